The summed E-state index contributed by atoms with van der Waals surface area (Å²) in [5.74, 6) is 0. The number of thiol groups is 1. The van der Waals surface area contributed by atoms with Gasteiger partial charge in [0.15, 0.2) is 0 Å². The van der Waals surface area contributed by atoms with Gasteiger partial charge in [-0.25, -0.2) is 0 Å². The second-order valence-electron chi connectivity index (χ2n) is 4.26. The molecule has 0 aliphatic rings. The van der Waals surface area contributed by atoms with Crippen molar-refractivity contribution in [1.82, 2.24) is 0 Å². The van der Waals surface area contributed by atoms with Crippen molar-refractivity contribution in [3.63, 3.8) is 0 Å². The number of thiocyanates is 1. The van der Waals surface area contributed by atoms with E-state index < -0.39 is 17.6 Å². The van der Waals surface area contributed by atoms with E-state index in [0.717, 1.165) is 12.5 Å². The fourth-order valence-corrected chi connectivity index (χ4v) is 6.15. The Morgan fingerprint density at radius 2 is 1.16 bits per heavy atom. The average Bonchev–Trinajstić information content (AvgIpc) is 2.60. The molecule has 0 aliphatic heterocycles. The van der Waals surface area contributed by atoms with Gasteiger partial charge in [0.1, 0.15) is 5.40 Å². The minimum Gasteiger partial charge on any atom is -0.376 e. The van der Waals surface area contributed by atoms with Crippen LogP contribution >= 0.6 is 24.2 Å². The smallest absolute Gasteiger partial charge is 0.376 e. The van der Waals surface area contributed by atoms with E-state index in [2.05, 4.69) is 19.6 Å². The fraction of sp³-hybridized carbons (Fsp3) is 0.929. The van der Waals surface area contributed by atoms with Gasteiger partial charge in [0.2, 0.25) is 0 Å². The second kappa shape index (κ2) is 20.6. The maximum atomic E-state index is 7.18. The Labute approximate surface area is 166 Å². The summed E-state index contributed by atoms with van der Waals surface area (Å²) in [4.78, 5) is 0. The molecule has 11 heteroatoms. The Hall–Kier alpha value is 0.324. The van der Waals surface area contributed by atoms with Crippen molar-refractivity contribution in [2.45, 2.75) is 40.2 Å². The van der Waals surface area contributed by atoms with Crippen LogP contribution in [0, 0.1) is 10.7 Å². The Bertz CT molecular complexity index is 275. The van der Waals surface area contributed by atoms with Crippen LogP contribution in [0.1, 0.15) is 34.1 Å². The zero-order chi connectivity index (χ0) is 20.2. The molecule has 25 heavy (non-hydrogen) atoms. The molecule has 0 atom stereocenters. The van der Waals surface area contributed by atoms with E-state index in [1.807, 2.05) is 20.8 Å². The van der Waals surface area contributed by atoms with E-state index in [4.69, 9.17) is 43.4 Å². The second-order valence-corrected chi connectivity index (χ2v) is 10.9. The largest absolute Gasteiger partial charge is 0.515 e. The first-order valence-corrected chi connectivity index (χ1v) is 12.9. The third kappa shape index (κ3) is 15.1. The third-order valence-corrected chi connectivity index (χ3v) is 9.22. The summed E-state index contributed by atoms with van der Waals surface area (Å²) in [5.41, 5.74) is 0.288. The van der Waals surface area contributed by atoms with Crippen LogP contribution in [-0.4, -0.2) is 64.3 Å². The summed E-state index contributed by atoms with van der Waals surface area (Å²) in [6.07, 6.45) is 1.05. The molecule has 0 heterocycles. The predicted molar refractivity (Wildman–Crippen MR) is 108 cm³/mol. The third-order valence-electron chi connectivity index (χ3n) is 2.75. The molecule has 0 saturated carbocycles. The van der Waals surface area contributed by atoms with E-state index in [-0.39, 0.29) is 5.50 Å². The van der Waals surface area contributed by atoms with Crippen LogP contribution in [0.3, 0.4) is 0 Å². The van der Waals surface area contributed by atoms with E-state index in [1.165, 1.54) is 26.7 Å². The van der Waals surface area contributed by atoms with Gasteiger partial charge in [-0.2, -0.15) is 5.26 Å². The average molecular weight is 436 g/mol. The first-order chi connectivity index (χ1) is 11.9. The highest BCUT2D eigenvalue weighted by Gasteiger charge is 2.39. The molecule has 0 amide bonds. The Balaban J connectivity index is -0.000000350. The Kier molecular flexibility index (Phi) is 24.8. The monoisotopic (exact) mass is 435 g/mol. The Morgan fingerprint density at radius 3 is 1.28 bits per heavy atom. The summed E-state index contributed by atoms with van der Waals surface area (Å²) >= 11 is 8.61. The molecule has 0 fully saturated rings. The topological polar surface area (TPSA) is 79.2 Å². The standard InChI is InChI=1S/C9H22O3Si.C4H11ClO3Si.CHNS/c1-5-9-13(10-6-2,11-7-3)12-8-4;1-6-9(4-5,7-2)8-3;2-1-3/h5-9H2,1-4H3;4H2,1-3H3;3H. The molecular formula is C14H34ClNO6SSi2. The summed E-state index contributed by atoms with van der Waals surface area (Å²) in [6, 6.07) is 0.919. The van der Waals surface area contributed by atoms with Crippen LogP contribution in [0.15, 0.2) is 0 Å². The number of hydrogen-bond donors (Lipinski definition) is 1. The summed E-state index contributed by atoms with van der Waals surface area (Å²) < 4.78 is 31.8. The van der Waals surface area contributed by atoms with Gasteiger partial charge in [0.25, 0.3) is 0 Å². The zero-order valence-electron chi connectivity index (χ0n) is 16.5. The molecule has 0 aromatic heterocycles. The maximum absolute atomic E-state index is 7.18. The van der Waals surface area contributed by atoms with Gasteiger partial charge >= 0.3 is 17.6 Å². The molecule has 0 rings (SSSR count). The molecule has 152 valence electrons. The SMILES string of the molecule is CCC[Si](OCC)(OCC)OCC.CO[Si](CCl)(OC)OC.N#CS. The van der Waals surface area contributed by atoms with E-state index in [9.17, 15) is 0 Å². The fourth-order valence-electron chi connectivity index (χ4n) is 1.72. The molecule has 7 nitrogen and oxygen atoms in total. The number of hydrogen-bond acceptors (Lipinski definition) is 8. The molecule has 0 aromatic rings. The van der Waals surface area contributed by atoms with Crippen molar-refractivity contribution >= 4 is 41.8 Å². The van der Waals surface area contributed by atoms with Crippen molar-refractivity contribution in [2.75, 3.05) is 46.7 Å². The molecule has 0 radical (unpaired) electrons. The number of halogens is 1. The first kappa shape index (κ1) is 30.1. The molecule has 0 saturated heterocycles. The lowest BCUT2D eigenvalue weighted by Crippen LogP contribution is -2.45. The van der Waals surface area contributed by atoms with Gasteiger partial charge in [-0.1, -0.05) is 26.0 Å². The molecule has 0 spiro atoms. The first-order valence-electron chi connectivity index (χ1n) is 8.07. The number of rotatable bonds is 12. The highest BCUT2D eigenvalue weighted by Crippen LogP contribution is 2.17. The highest BCUT2D eigenvalue weighted by molar-refractivity contribution is 7.85. The summed E-state index contributed by atoms with van der Waals surface area (Å²) in [5, 5.41) is 8.63. The molecule has 0 bridgehead atoms. The van der Waals surface area contributed by atoms with Crippen LogP contribution in [0.2, 0.25) is 6.04 Å². The van der Waals surface area contributed by atoms with E-state index in [0.29, 0.717) is 19.8 Å². The Morgan fingerprint density at radius 1 is 0.840 bits per heavy atom. The van der Waals surface area contributed by atoms with Gasteiger partial charge < -0.3 is 26.6 Å². The van der Waals surface area contributed by atoms with E-state index in [1.54, 1.807) is 0 Å². The lowest BCUT2D eigenvalue weighted by Gasteiger charge is -2.27. The van der Waals surface area contributed by atoms with Gasteiger partial charge in [-0.05, 0) is 20.8 Å². The van der Waals surface area contributed by atoms with Crippen molar-refractivity contribution < 1.29 is 26.6 Å². The maximum Gasteiger partial charge on any atom is 0.515 e. The normalized spacial score (nSPS) is 10.9. The quantitative estimate of drug-likeness (QED) is 0.217. The van der Waals surface area contributed by atoms with Crippen molar-refractivity contribution in [3.05, 3.63) is 0 Å². The minimum atomic E-state index is -2.43. The molecule has 0 unspecified atom stereocenters. The summed E-state index contributed by atoms with van der Waals surface area (Å²) in [7, 11) is -0.133. The molecule has 0 N–H and O–H groups in total. The lowest BCUT2D eigenvalue weighted by atomic mass is 10.6. The predicted octanol–water partition coefficient (Wildman–Crippen LogP) is 3.48. The van der Waals surface area contributed by atoms with Crippen LogP contribution in [0.4, 0.5) is 0 Å². The number of alkyl halides is 1. The molecular weight excluding hydrogens is 402 g/mol. The molecule has 0 aliphatic carbocycles. The van der Waals surface area contributed by atoms with Crippen LogP contribution in [0.5, 0.6) is 0 Å². The van der Waals surface area contributed by atoms with Gasteiger partial charge in [0, 0.05) is 47.2 Å². The van der Waals surface area contributed by atoms with Gasteiger partial charge in [-0.3, -0.25) is 0 Å². The van der Waals surface area contributed by atoms with Crippen molar-refractivity contribution in [1.29, 1.82) is 5.26 Å². The number of nitrogens with zero attached hydrogens (tertiary/aromatic N) is 1. The van der Waals surface area contributed by atoms with Crippen LogP contribution < -0.4 is 0 Å². The van der Waals surface area contributed by atoms with Crippen LogP contribution in [-0.2, 0) is 26.6 Å². The molecule has 0 aromatic carbocycles. The highest BCUT2D eigenvalue weighted by atomic mass is 35.5. The van der Waals surface area contributed by atoms with Crippen molar-refractivity contribution in [3.8, 4) is 5.40 Å². The number of nitriles is 1. The van der Waals surface area contributed by atoms with E-state index >= 15 is 0 Å². The zero-order valence-corrected chi connectivity index (χ0v) is 20.1. The van der Waals surface area contributed by atoms with Crippen molar-refractivity contribution in [2.24, 2.45) is 0 Å². The van der Waals surface area contributed by atoms with Crippen LogP contribution in [0.25, 0.3) is 0 Å². The minimum absolute atomic E-state index is 0.288. The lowest BCUT2D eigenvalue weighted by molar-refractivity contribution is 0.0711. The summed E-state index contributed by atoms with van der Waals surface area (Å²) in [6.45, 7) is 10.1. The van der Waals surface area contributed by atoms with Gasteiger partial charge in [-0.15, -0.1) is 11.6 Å². The van der Waals surface area contributed by atoms with Gasteiger partial charge in [0.05, 0.1) is 5.50 Å².